The van der Waals surface area contributed by atoms with Gasteiger partial charge in [-0.25, -0.2) is 14.4 Å². The van der Waals surface area contributed by atoms with E-state index in [0.29, 0.717) is 15.5 Å². The number of thiazole rings is 1. The Hall–Kier alpha value is -4.58. The van der Waals surface area contributed by atoms with Gasteiger partial charge in [0.05, 0.1) is 11.3 Å². The number of pyridine rings is 1. The number of nitrogens with one attached hydrogen (secondary N) is 2. The van der Waals surface area contributed by atoms with Gasteiger partial charge in [0, 0.05) is 40.8 Å². The van der Waals surface area contributed by atoms with Crippen LogP contribution in [0.25, 0.3) is 27.3 Å². The molecule has 6 rings (SSSR count). The molecule has 0 radical (unpaired) electrons. The molecule has 5 aromatic rings. The Bertz CT molecular complexity index is 1820. The molecule has 208 valence electrons. The van der Waals surface area contributed by atoms with Crippen LogP contribution >= 0.6 is 11.3 Å². The number of hydrogen-bond acceptors (Lipinski definition) is 5. The smallest absolute Gasteiger partial charge is 0.324 e. The number of rotatable bonds is 6. The van der Waals surface area contributed by atoms with Crippen LogP contribution < -0.4 is 10.6 Å². The lowest BCUT2D eigenvalue weighted by Crippen LogP contribution is -2.14. The summed E-state index contributed by atoms with van der Waals surface area (Å²) in [5.74, 6) is -1.44. The van der Waals surface area contributed by atoms with E-state index in [1.54, 1.807) is 30.6 Å². The van der Waals surface area contributed by atoms with Gasteiger partial charge in [-0.2, -0.15) is 13.2 Å². The lowest BCUT2D eigenvalue weighted by Gasteiger charge is -2.14. The molecule has 0 bridgehead atoms. The number of fused-ring (bicyclic) bond motifs is 1. The summed E-state index contributed by atoms with van der Waals surface area (Å²) in [5, 5.41) is 5.67. The molecule has 1 aliphatic carbocycles. The minimum atomic E-state index is -4.64. The Morgan fingerprint density at radius 3 is 2.51 bits per heavy atom. The van der Waals surface area contributed by atoms with Crippen LogP contribution in [-0.2, 0) is 11.0 Å². The lowest BCUT2D eigenvalue weighted by atomic mass is 10.1. The average molecular weight is 580 g/mol. The van der Waals surface area contributed by atoms with Crippen LogP contribution in [-0.4, -0.2) is 26.3 Å². The van der Waals surface area contributed by atoms with E-state index in [-0.39, 0.29) is 40.0 Å². The first-order valence-corrected chi connectivity index (χ1v) is 13.4. The average Bonchev–Trinajstić information content (AvgIpc) is 3.57. The highest BCUT2D eigenvalue weighted by Gasteiger charge is 2.32. The number of halogens is 4. The molecular formula is C29H21F4N5O2S. The van der Waals surface area contributed by atoms with Crippen LogP contribution in [0.2, 0.25) is 0 Å². The first kappa shape index (κ1) is 26.6. The van der Waals surface area contributed by atoms with Gasteiger partial charge in [0.1, 0.15) is 16.2 Å². The molecule has 2 aromatic carbocycles. The largest absolute Gasteiger partial charge is 0.416 e. The van der Waals surface area contributed by atoms with Crippen LogP contribution in [0.15, 0.2) is 67.0 Å². The Balaban J connectivity index is 1.28. The van der Waals surface area contributed by atoms with Crippen molar-refractivity contribution in [3.8, 4) is 16.9 Å². The topological polar surface area (TPSA) is 88.9 Å². The van der Waals surface area contributed by atoms with E-state index in [2.05, 4.69) is 20.6 Å². The maximum absolute atomic E-state index is 14.9. The first-order valence-electron chi connectivity index (χ1n) is 12.6. The molecule has 1 aliphatic rings. The predicted molar refractivity (Wildman–Crippen MR) is 148 cm³/mol. The number of benzene rings is 2. The standard InChI is InChI=1S/C29H21F4N5O2S/c1-15-8-9-38(14-15)20-12-18(29(31,32)33)11-19(13-20)34-26(40)17-4-5-22(30)21(10-17)23-6-7-24-27(35-23)41-28(36-24)37-25(39)16-2-3-16/h4-14,16H,2-3H2,1H3,(H,34,40)(H,36,37,39). The summed E-state index contributed by atoms with van der Waals surface area (Å²) in [4.78, 5) is 34.5. The third-order valence-electron chi connectivity index (χ3n) is 6.58. The van der Waals surface area contributed by atoms with Gasteiger partial charge in [-0.05, 0) is 79.9 Å². The molecule has 1 fully saturated rings. The van der Waals surface area contributed by atoms with Gasteiger partial charge in [0.15, 0.2) is 5.13 Å². The van der Waals surface area contributed by atoms with Crippen molar-refractivity contribution in [2.45, 2.75) is 25.9 Å². The molecule has 2 amide bonds. The number of nitrogens with zero attached hydrogens (tertiary/aromatic N) is 3. The van der Waals surface area contributed by atoms with Gasteiger partial charge in [-0.1, -0.05) is 11.3 Å². The number of hydrogen-bond donors (Lipinski definition) is 2. The summed E-state index contributed by atoms with van der Waals surface area (Å²) in [7, 11) is 0. The Morgan fingerprint density at radius 2 is 1.80 bits per heavy atom. The molecular weight excluding hydrogens is 558 g/mol. The van der Waals surface area contributed by atoms with Gasteiger partial charge >= 0.3 is 6.18 Å². The van der Waals surface area contributed by atoms with Gasteiger partial charge in [-0.15, -0.1) is 0 Å². The van der Waals surface area contributed by atoms with Crippen LogP contribution in [0.1, 0.15) is 34.3 Å². The van der Waals surface area contributed by atoms with E-state index in [0.717, 1.165) is 47.9 Å². The summed E-state index contributed by atoms with van der Waals surface area (Å²) >= 11 is 1.15. The molecule has 0 aliphatic heterocycles. The number of aromatic nitrogens is 3. The monoisotopic (exact) mass is 579 g/mol. The zero-order valence-electron chi connectivity index (χ0n) is 21.4. The number of aryl methyl sites for hydroxylation is 1. The second-order valence-electron chi connectivity index (χ2n) is 9.81. The second-order valence-corrected chi connectivity index (χ2v) is 10.8. The summed E-state index contributed by atoms with van der Waals surface area (Å²) in [5.41, 5.74) is 0.905. The molecule has 3 aromatic heterocycles. The normalized spacial score (nSPS) is 13.4. The van der Waals surface area contributed by atoms with Crippen molar-refractivity contribution in [1.82, 2.24) is 14.5 Å². The van der Waals surface area contributed by atoms with Crippen molar-refractivity contribution in [1.29, 1.82) is 0 Å². The van der Waals surface area contributed by atoms with Gasteiger partial charge in [-0.3, -0.25) is 9.59 Å². The van der Waals surface area contributed by atoms with Crippen LogP contribution in [0.4, 0.5) is 28.4 Å². The van der Waals surface area contributed by atoms with Gasteiger partial charge < -0.3 is 15.2 Å². The lowest BCUT2D eigenvalue weighted by molar-refractivity contribution is -0.137. The maximum atomic E-state index is 14.9. The van der Waals surface area contributed by atoms with Crippen LogP contribution in [0.3, 0.4) is 0 Å². The zero-order chi connectivity index (χ0) is 28.9. The van der Waals surface area contributed by atoms with Crippen molar-refractivity contribution in [3.05, 3.63) is 89.5 Å². The van der Waals surface area contributed by atoms with E-state index in [1.807, 2.05) is 6.92 Å². The van der Waals surface area contributed by atoms with E-state index < -0.39 is 23.5 Å². The highest BCUT2D eigenvalue weighted by molar-refractivity contribution is 7.22. The summed E-state index contributed by atoms with van der Waals surface area (Å²) < 4.78 is 57.3. The van der Waals surface area contributed by atoms with Crippen molar-refractivity contribution in [3.63, 3.8) is 0 Å². The predicted octanol–water partition coefficient (Wildman–Crippen LogP) is 7.22. The first-order chi connectivity index (χ1) is 19.5. The fraction of sp³-hybridized carbons (Fsp3) is 0.172. The fourth-order valence-corrected chi connectivity index (χ4v) is 5.14. The van der Waals surface area contributed by atoms with Crippen molar-refractivity contribution in [2.75, 3.05) is 10.6 Å². The Labute approximate surface area is 234 Å². The van der Waals surface area contributed by atoms with Gasteiger partial charge in [0.2, 0.25) is 5.91 Å². The molecule has 3 heterocycles. The fourth-order valence-electron chi connectivity index (χ4n) is 4.30. The van der Waals surface area contributed by atoms with Crippen LogP contribution in [0, 0.1) is 18.7 Å². The highest BCUT2D eigenvalue weighted by atomic mass is 32.1. The molecule has 12 heteroatoms. The SMILES string of the molecule is Cc1ccn(-c2cc(NC(=O)c3ccc(F)c(-c4ccc5nc(NC(=O)C6CC6)sc5n4)c3)cc(C(F)(F)F)c2)c1. The Morgan fingerprint density at radius 1 is 1.00 bits per heavy atom. The second kappa shape index (κ2) is 10.1. The van der Waals surface area contributed by atoms with E-state index in [1.165, 1.54) is 22.8 Å². The molecule has 0 saturated heterocycles. The van der Waals surface area contributed by atoms with Crippen LogP contribution in [0.5, 0.6) is 0 Å². The molecule has 2 N–H and O–H groups in total. The number of carbonyl (C=O) groups excluding carboxylic acids is 2. The highest BCUT2D eigenvalue weighted by Crippen LogP contribution is 2.35. The number of amides is 2. The summed E-state index contributed by atoms with van der Waals surface area (Å²) in [6, 6.07) is 11.8. The third kappa shape index (κ3) is 5.68. The molecule has 7 nitrogen and oxygen atoms in total. The molecule has 41 heavy (non-hydrogen) atoms. The van der Waals surface area contributed by atoms with Crippen molar-refractivity contribution < 1.29 is 27.2 Å². The van der Waals surface area contributed by atoms with Crippen molar-refractivity contribution in [2.24, 2.45) is 5.92 Å². The van der Waals surface area contributed by atoms with E-state index in [9.17, 15) is 27.2 Å². The molecule has 0 unspecified atom stereocenters. The molecule has 0 atom stereocenters. The zero-order valence-corrected chi connectivity index (χ0v) is 22.2. The Kier molecular flexibility index (Phi) is 6.57. The van der Waals surface area contributed by atoms with Gasteiger partial charge in [0.25, 0.3) is 5.91 Å². The summed E-state index contributed by atoms with van der Waals surface area (Å²) in [6.07, 6.45) is 0.361. The number of anilines is 2. The van der Waals surface area contributed by atoms with E-state index >= 15 is 0 Å². The van der Waals surface area contributed by atoms with Crippen molar-refractivity contribution >= 4 is 44.3 Å². The minimum Gasteiger partial charge on any atom is -0.324 e. The summed E-state index contributed by atoms with van der Waals surface area (Å²) in [6.45, 7) is 1.81. The third-order valence-corrected chi connectivity index (χ3v) is 7.46. The minimum absolute atomic E-state index is 0.00845. The molecule has 0 spiro atoms. The number of carbonyl (C=O) groups is 2. The number of alkyl halides is 3. The quantitative estimate of drug-likeness (QED) is 0.208. The maximum Gasteiger partial charge on any atom is 0.416 e. The van der Waals surface area contributed by atoms with E-state index in [4.69, 9.17) is 0 Å². The molecule has 1 saturated carbocycles.